The third-order valence-corrected chi connectivity index (χ3v) is 14.6. The lowest BCUT2D eigenvalue weighted by atomic mass is 9.92. The van der Waals surface area contributed by atoms with Crippen molar-refractivity contribution in [2.24, 2.45) is 23.7 Å². The number of carbonyl (C=O) groups excluding carboxylic acids is 3. The number of ether oxygens (including phenoxy) is 2. The van der Waals surface area contributed by atoms with E-state index in [1.54, 1.807) is 7.11 Å². The van der Waals surface area contributed by atoms with E-state index in [9.17, 15) is 14.4 Å². The molecule has 13 nitrogen and oxygen atoms in total. The van der Waals surface area contributed by atoms with Gasteiger partial charge in [0.05, 0.1) is 38.0 Å². The lowest BCUT2D eigenvalue weighted by Crippen LogP contribution is -2.56. The fourth-order valence-electron chi connectivity index (χ4n) is 11.4. The maximum absolute atomic E-state index is 14.1. The van der Waals surface area contributed by atoms with Gasteiger partial charge in [0.25, 0.3) is 0 Å². The van der Waals surface area contributed by atoms with Crippen LogP contribution in [0, 0.1) is 23.7 Å². The highest BCUT2D eigenvalue weighted by molar-refractivity contribution is 5.87. The summed E-state index contributed by atoms with van der Waals surface area (Å²) in [6.07, 6.45) is 12.0. The van der Waals surface area contributed by atoms with Crippen molar-refractivity contribution in [1.82, 2.24) is 40.4 Å². The van der Waals surface area contributed by atoms with E-state index in [0.29, 0.717) is 24.3 Å². The molecule has 4 bridgehead atoms. The van der Waals surface area contributed by atoms with E-state index < -0.39 is 29.3 Å². The van der Waals surface area contributed by atoms with Gasteiger partial charge in [-0.25, -0.2) is 14.8 Å². The Morgan fingerprint density at radius 3 is 1.77 bits per heavy atom. The number of piperidine rings is 2. The first-order valence-electron chi connectivity index (χ1n) is 22.2. The van der Waals surface area contributed by atoms with E-state index in [1.165, 1.54) is 29.4 Å². The van der Waals surface area contributed by atoms with Gasteiger partial charge in [-0.15, -0.1) is 0 Å². The summed E-state index contributed by atoms with van der Waals surface area (Å²) in [6.45, 7) is 13.3. The smallest absolute Gasteiger partial charge is 0.407 e. The van der Waals surface area contributed by atoms with Gasteiger partial charge >= 0.3 is 6.09 Å². The van der Waals surface area contributed by atoms with E-state index in [2.05, 4.69) is 68.5 Å². The summed E-state index contributed by atoms with van der Waals surface area (Å²) in [5.74, 6) is 2.89. The number of imidazole rings is 2. The second kappa shape index (κ2) is 15.7. The second-order valence-electron chi connectivity index (χ2n) is 18.9. The SMILES string of the molecule is C=C(N[C@H](C(=O)N1C[C@H]2CC[C@@]1(c1ncc(-c3ccc(-c4ccc(-c5cnc([C@@]67CC[C@H](CN6C(=O)[C@@H](NC(=O)OC)C(C)C)C7)[nH]5)c5c4CCC5)cc3)[nH]1)C2)C(C)C)OC. The summed E-state index contributed by atoms with van der Waals surface area (Å²) in [4.78, 5) is 61.7. The Kier molecular flexibility index (Phi) is 10.5. The first-order chi connectivity index (χ1) is 29.3. The number of aromatic amines is 2. The molecule has 61 heavy (non-hydrogen) atoms. The molecule has 4 aromatic rings. The van der Waals surface area contributed by atoms with Gasteiger partial charge in [-0.2, -0.15) is 0 Å². The molecule has 2 aromatic heterocycles. The minimum Gasteiger partial charge on any atom is -0.483 e. The Hall–Kier alpha value is -5.59. The average Bonchev–Trinajstić information content (AvgIpc) is 4.13. The average molecular weight is 829 g/mol. The van der Waals surface area contributed by atoms with Crippen LogP contribution in [0.5, 0.6) is 0 Å². The largest absolute Gasteiger partial charge is 0.483 e. The lowest BCUT2D eigenvalue weighted by molar-refractivity contribution is -0.141. The van der Waals surface area contributed by atoms with E-state index in [0.717, 1.165) is 98.5 Å². The van der Waals surface area contributed by atoms with Crippen LogP contribution in [-0.4, -0.2) is 87.0 Å². The fraction of sp³-hybridized carbons (Fsp3) is 0.521. The zero-order valence-corrected chi connectivity index (χ0v) is 36.4. The van der Waals surface area contributed by atoms with Crippen molar-refractivity contribution in [2.75, 3.05) is 27.3 Å². The van der Waals surface area contributed by atoms with Crippen molar-refractivity contribution in [1.29, 1.82) is 0 Å². The number of likely N-dealkylation sites (tertiary alicyclic amines) is 2. The number of methoxy groups -OCH3 is 2. The Morgan fingerprint density at radius 1 is 0.721 bits per heavy atom. The van der Waals surface area contributed by atoms with Crippen molar-refractivity contribution >= 4 is 17.9 Å². The Labute approximate surface area is 358 Å². The van der Waals surface area contributed by atoms with Crippen molar-refractivity contribution < 1.29 is 23.9 Å². The van der Waals surface area contributed by atoms with Crippen molar-refractivity contribution in [2.45, 2.75) is 109 Å². The summed E-state index contributed by atoms with van der Waals surface area (Å²) in [7, 11) is 2.88. The van der Waals surface area contributed by atoms with Crippen LogP contribution in [0.3, 0.4) is 0 Å². The number of amides is 3. The molecule has 13 heteroatoms. The third-order valence-electron chi connectivity index (χ3n) is 14.6. The summed E-state index contributed by atoms with van der Waals surface area (Å²) in [6, 6.07) is 12.1. The number of carbonyl (C=O) groups is 3. The number of aromatic nitrogens is 4. The molecule has 322 valence electrons. The minimum atomic E-state index is -0.677. The van der Waals surface area contributed by atoms with E-state index in [4.69, 9.17) is 19.4 Å². The molecular weight excluding hydrogens is 769 g/mol. The Balaban J connectivity index is 0.945. The molecule has 0 spiro atoms. The number of benzene rings is 2. The number of alkyl carbamates (subject to hydrolysis) is 1. The molecule has 3 aliphatic carbocycles. The lowest BCUT2D eigenvalue weighted by Gasteiger charge is -2.40. The van der Waals surface area contributed by atoms with Gasteiger partial charge < -0.3 is 39.9 Å². The topological polar surface area (TPSA) is 158 Å². The zero-order valence-electron chi connectivity index (χ0n) is 36.4. The highest BCUT2D eigenvalue weighted by Gasteiger charge is 2.58. The number of nitrogens with one attached hydrogen (secondary N) is 4. The number of H-pyrrole nitrogens is 2. The number of rotatable bonds is 13. The van der Waals surface area contributed by atoms with Crippen LogP contribution in [0.15, 0.2) is 61.3 Å². The van der Waals surface area contributed by atoms with Crippen molar-refractivity contribution in [3.05, 3.63) is 84.0 Å². The maximum atomic E-state index is 14.1. The van der Waals surface area contributed by atoms with Crippen molar-refractivity contribution in [3.8, 4) is 33.6 Å². The summed E-state index contributed by atoms with van der Waals surface area (Å²) < 4.78 is 10.1. The van der Waals surface area contributed by atoms with Crippen LogP contribution >= 0.6 is 0 Å². The van der Waals surface area contributed by atoms with Gasteiger partial charge in [0.15, 0.2) is 5.88 Å². The molecule has 4 N–H and O–H groups in total. The van der Waals surface area contributed by atoms with Gasteiger partial charge in [-0.05, 0) is 116 Å². The fourth-order valence-corrected chi connectivity index (χ4v) is 11.4. The summed E-state index contributed by atoms with van der Waals surface area (Å²) in [5, 5.41) is 6.00. The summed E-state index contributed by atoms with van der Waals surface area (Å²) >= 11 is 0. The molecule has 2 aliphatic heterocycles. The van der Waals surface area contributed by atoms with Crippen LogP contribution in [0.25, 0.3) is 33.6 Å². The standard InChI is InChI=1S/C48H60N8O5/c1-27(2)40(51-29(5)60-6)42(57)55-25-30-17-19-47(55,21-30)44-49-23-38(52-44)33-13-11-32(12-14-33)34-15-16-37(36-10-8-9-35(34)36)39-24-50-45(53-39)48-20-18-31(22-48)26-56(48)43(58)41(28(3)4)54-46(59)61-7/h11-16,23-24,27-28,30-31,40-41,51H,5,8-10,17-22,25-26H2,1-4,6-7H3,(H,49,52)(H,50,53)(H,54,59)/t30-,31-,40-,41-,47-,48-/m0/s1. The molecule has 3 amide bonds. The summed E-state index contributed by atoms with van der Waals surface area (Å²) in [5.41, 5.74) is 8.30. The molecule has 4 fully saturated rings. The quantitative estimate of drug-likeness (QED) is 0.102. The van der Waals surface area contributed by atoms with Gasteiger partial charge in [-0.3, -0.25) is 9.59 Å². The molecule has 2 aromatic carbocycles. The van der Waals surface area contributed by atoms with Crippen LogP contribution < -0.4 is 10.6 Å². The molecule has 9 rings (SSSR count). The molecule has 5 aliphatic rings. The molecule has 0 unspecified atom stereocenters. The number of hydrogen-bond donors (Lipinski definition) is 4. The van der Waals surface area contributed by atoms with Gasteiger partial charge in [0.2, 0.25) is 11.8 Å². The molecule has 4 heterocycles. The third kappa shape index (κ3) is 6.88. The van der Waals surface area contributed by atoms with E-state index in [-0.39, 0.29) is 23.7 Å². The normalized spacial score (nSPS) is 24.7. The monoisotopic (exact) mass is 828 g/mol. The highest BCUT2D eigenvalue weighted by atomic mass is 16.5. The zero-order chi connectivity index (χ0) is 42.8. The van der Waals surface area contributed by atoms with Gasteiger partial charge in [0, 0.05) is 18.7 Å². The van der Waals surface area contributed by atoms with Gasteiger partial charge in [0.1, 0.15) is 34.8 Å². The molecule has 2 saturated heterocycles. The van der Waals surface area contributed by atoms with E-state index in [1.807, 2.05) is 45.0 Å². The maximum Gasteiger partial charge on any atom is 0.407 e. The van der Waals surface area contributed by atoms with Crippen LogP contribution in [0.1, 0.15) is 95.4 Å². The van der Waals surface area contributed by atoms with Crippen LogP contribution in [0.4, 0.5) is 4.79 Å². The number of fused-ring (bicyclic) bond motifs is 5. The molecule has 2 saturated carbocycles. The number of hydrogen-bond acceptors (Lipinski definition) is 8. The molecular formula is C48H60N8O5. The minimum absolute atomic E-state index is 0.0568. The molecule has 0 radical (unpaired) electrons. The number of nitrogens with zero attached hydrogens (tertiary/aromatic N) is 4. The predicted octanol–water partition coefficient (Wildman–Crippen LogP) is 7.41. The van der Waals surface area contributed by atoms with Crippen LogP contribution in [0.2, 0.25) is 0 Å². The second-order valence-corrected chi connectivity index (χ2v) is 18.9. The van der Waals surface area contributed by atoms with Crippen molar-refractivity contribution in [3.63, 3.8) is 0 Å². The first-order valence-corrected chi connectivity index (χ1v) is 22.2. The van der Waals surface area contributed by atoms with Crippen LogP contribution in [-0.2, 0) is 43.0 Å². The first kappa shape index (κ1) is 40.8. The predicted molar refractivity (Wildman–Crippen MR) is 233 cm³/mol. The van der Waals surface area contributed by atoms with Gasteiger partial charge in [-0.1, -0.05) is 64.1 Å². The molecule has 6 atom stereocenters. The Bertz CT molecular complexity index is 2350. The highest BCUT2D eigenvalue weighted by Crippen LogP contribution is 2.54. The Morgan fingerprint density at radius 2 is 1.23 bits per heavy atom. The van der Waals surface area contributed by atoms with E-state index >= 15 is 0 Å².